The molecule has 4 nitrogen and oxygen atoms in total. The van der Waals surface area contributed by atoms with Crippen LogP contribution in [-0.2, 0) is 9.59 Å². The summed E-state index contributed by atoms with van der Waals surface area (Å²) in [4.78, 5) is 25.6. The fraction of sp³-hybridized carbons (Fsp3) is 0.882. The van der Waals surface area contributed by atoms with Gasteiger partial charge in [0, 0.05) is 13.0 Å². The first-order valence-electron chi connectivity index (χ1n) is 8.58. The molecule has 0 aromatic carbocycles. The number of piperidine rings is 1. The lowest BCUT2D eigenvalue weighted by Crippen LogP contribution is -2.57. The molecule has 4 heteroatoms. The Kier molecular flexibility index (Phi) is 5.65. The van der Waals surface area contributed by atoms with Gasteiger partial charge in [-0.1, -0.05) is 32.1 Å². The summed E-state index contributed by atoms with van der Waals surface area (Å²) in [5.74, 6) is -0.0306. The molecule has 1 unspecified atom stereocenters. The van der Waals surface area contributed by atoms with E-state index in [4.69, 9.17) is 0 Å². The van der Waals surface area contributed by atoms with E-state index in [1.807, 2.05) is 0 Å². The lowest BCUT2D eigenvalue weighted by molar-refractivity contribution is -0.161. The Hall–Kier alpha value is -1.06. The summed E-state index contributed by atoms with van der Waals surface area (Å²) >= 11 is 0. The normalized spacial score (nSPS) is 27.6. The van der Waals surface area contributed by atoms with Crippen molar-refractivity contribution >= 4 is 11.9 Å². The third-order valence-electron chi connectivity index (χ3n) is 5.38. The molecule has 1 heterocycles. The second-order valence-corrected chi connectivity index (χ2v) is 6.98. The maximum atomic E-state index is 12.4. The van der Waals surface area contributed by atoms with Gasteiger partial charge in [0.05, 0.1) is 0 Å². The first-order valence-corrected chi connectivity index (χ1v) is 8.58. The van der Waals surface area contributed by atoms with E-state index < -0.39 is 11.5 Å². The number of likely N-dealkylation sites (tertiary alicyclic amines) is 1. The van der Waals surface area contributed by atoms with E-state index in [0.717, 1.165) is 31.6 Å². The SMILES string of the molecule is CC1(C(=O)O)CCCCN1C(=O)CCCC1CCCCC1. The fourth-order valence-electron chi connectivity index (χ4n) is 3.90. The van der Waals surface area contributed by atoms with Crippen LogP contribution in [0.1, 0.15) is 77.6 Å². The molecule has 0 radical (unpaired) electrons. The number of carboxylic acid groups (broad SMARTS) is 1. The number of rotatable bonds is 5. The highest BCUT2D eigenvalue weighted by Crippen LogP contribution is 2.31. The number of hydrogen-bond donors (Lipinski definition) is 1. The van der Waals surface area contributed by atoms with E-state index in [0.29, 0.717) is 19.4 Å². The van der Waals surface area contributed by atoms with Crippen LogP contribution in [0.3, 0.4) is 0 Å². The maximum absolute atomic E-state index is 12.4. The number of nitrogens with zero attached hydrogens (tertiary/aromatic N) is 1. The summed E-state index contributed by atoms with van der Waals surface area (Å²) < 4.78 is 0. The van der Waals surface area contributed by atoms with Crippen LogP contribution < -0.4 is 0 Å². The molecule has 2 rings (SSSR count). The third-order valence-corrected chi connectivity index (χ3v) is 5.38. The van der Waals surface area contributed by atoms with Gasteiger partial charge in [0.15, 0.2) is 0 Å². The molecular weight excluding hydrogens is 266 g/mol. The van der Waals surface area contributed by atoms with Crippen molar-refractivity contribution in [2.45, 2.75) is 83.1 Å². The molecular formula is C17H29NO3. The fourth-order valence-corrected chi connectivity index (χ4v) is 3.90. The minimum atomic E-state index is -0.986. The summed E-state index contributed by atoms with van der Waals surface area (Å²) in [5.41, 5.74) is -0.986. The molecule has 21 heavy (non-hydrogen) atoms. The zero-order valence-corrected chi connectivity index (χ0v) is 13.3. The number of aliphatic carboxylic acids is 1. The molecule has 120 valence electrons. The molecule has 0 aromatic heterocycles. The second kappa shape index (κ2) is 7.28. The molecule has 1 atom stereocenters. The zero-order chi connectivity index (χ0) is 15.3. The van der Waals surface area contributed by atoms with E-state index >= 15 is 0 Å². The zero-order valence-electron chi connectivity index (χ0n) is 13.3. The summed E-state index contributed by atoms with van der Waals surface area (Å²) in [6.07, 6.45) is 11.6. The quantitative estimate of drug-likeness (QED) is 0.843. The van der Waals surface area contributed by atoms with Crippen molar-refractivity contribution in [3.8, 4) is 0 Å². The monoisotopic (exact) mass is 295 g/mol. The van der Waals surface area contributed by atoms with Crippen molar-refractivity contribution in [3.63, 3.8) is 0 Å². The molecule has 2 aliphatic rings. The molecule has 1 amide bonds. The largest absolute Gasteiger partial charge is 0.480 e. The Balaban J connectivity index is 1.82. The van der Waals surface area contributed by atoms with Gasteiger partial charge < -0.3 is 10.0 Å². The Morgan fingerprint density at radius 1 is 1.14 bits per heavy atom. The molecule has 1 saturated heterocycles. The molecule has 1 saturated carbocycles. The van der Waals surface area contributed by atoms with Crippen LogP contribution in [0.4, 0.5) is 0 Å². The van der Waals surface area contributed by atoms with Crippen LogP contribution in [0.25, 0.3) is 0 Å². The van der Waals surface area contributed by atoms with Crippen molar-refractivity contribution in [1.29, 1.82) is 0 Å². The number of hydrogen-bond acceptors (Lipinski definition) is 2. The Labute approximate surface area is 127 Å². The van der Waals surface area contributed by atoms with Crippen molar-refractivity contribution < 1.29 is 14.7 Å². The third kappa shape index (κ3) is 3.98. The van der Waals surface area contributed by atoms with Gasteiger partial charge in [-0.2, -0.15) is 0 Å². The van der Waals surface area contributed by atoms with Gasteiger partial charge in [-0.25, -0.2) is 4.79 Å². The van der Waals surface area contributed by atoms with Gasteiger partial charge in [-0.05, 0) is 44.9 Å². The summed E-state index contributed by atoms with van der Waals surface area (Å²) in [6, 6.07) is 0. The van der Waals surface area contributed by atoms with Gasteiger partial charge >= 0.3 is 5.97 Å². The van der Waals surface area contributed by atoms with E-state index in [9.17, 15) is 14.7 Å². The highest BCUT2D eigenvalue weighted by atomic mass is 16.4. The first-order chi connectivity index (χ1) is 10.0. The van der Waals surface area contributed by atoms with E-state index in [2.05, 4.69) is 0 Å². The smallest absolute Gasteiger partial charge is 0.329 e. The number of carboxylic acids is 1. The minimum absolute atomic E-state index is 0.0374. The molecule has 2 fully saturated rings. The van der Waals surface area contributed by atoms with Crippen LogP contribution in [0, 0.1) is 5.92 Å². The van der Waals surface area contributed by atoms with Crippen LogP contribution in [0.2, 0.25) is 0 Å². The maximum Gasteiger partial charge on any atom is 0.329 e. The number of amides is 1. The molecule has 0 bridgehead atoms. The Morgan fingerprint density at radius 2 is 1.86 bits per heavy atom. The van der Waals surface area contributed by atoms with E-state index in [-0.39, 0.29) is 5.91 Å². The second-order valence-electron chi connectivity index (χ2n) is 6.98. The van der Waals surface area contributed by atoms with Crippen LogP contribution in [0.15, 0.2) is 0 Å². The lowest BCUT2D eigenvalue weighted by atomic mass is 9.85. The standard InChI is InChI=1S/C17H29NO3/c1-17(16(20)21)12-5-6-13-18(17)15(19)11-7-10-14-8-3-2-4-9-14/h14H,2-13H2,1H3,(H,20,21). The predicted octanol–water partition coefficient (Wildman–Crippen LogP) is 3.59. The predicted molar refractivity (Wildman–Crippen MR) is 82.0 cm³/mol. The van der Waals surface area contributed by atoms with E-state index in [1.54, 1.807) is 11.8 Å². The summed E-state index contributed by atoms with van der Waals surface area (Å²) in [5, 5.41) is 9.45. The molecule has 1 N–H and O–H groups in total. The minimum Gasteiger partial charge on any atom is -0.480 e. The first kappa shape index (κ1) is 16.3. The average molecular weight is 295 g/mol. The van der Waals surface area contributed by atoms with Crippen molar-refractivity contribution in [3.05, 3.63) is 0 Å². The summed E-state index contributed by atoms with van der Waals surface area (Å²) in [6.45, 7) is 2.30. The lowest BCUT2D eigenvalue weighted by Gasteiger charge is -2.41. The van der Waals surface area contributed by atoms with Crippen LogP contribution in [-0.4, -0.2) is 34.0 Å². The van der Waals surface area contributed by atoms with Gasteiger partial charge in [-0.3, -0.25) is 4.79 Å². The molecule has 0 aromatic rings. The summed E-state index contributed by atoms with van der Waals surface area (Å²) in [7, 11) is 0. The molecule has 1 aliphatic heterocycles. The highest BCUT2D eigenvalue weighted by Gasteiger charge is 2.43. The van der Waals surface area contributed by atoms with Gasteiger partial charge in [-0.15, -0.1) is 0 Å². The molecule has 0 spiro atoms. The number of carbonyl (C=O) groups is 2. The van der Waals surface area contributed by atoms with Gasteiger partial charge in [0.2, 0.25) is 5.91 Å². The van der Waals surface area contributed by atoms with Crippen molar-refractivity contribution in [2.75, 3.05) is 6.54 Å². The average Bonchev–Trinajstić information content (AvgIpc) is 2.48. The molecule has 1 aliphatic carbocycles. The van der Waals surface area contributed by atoms with Crippen molar-refractivity contribution in [2.24, 2.45) is 5.92 Å². The van der Waals surface area contributed by atoms with Gasteiger partial charge in [0.25, 0.3) is 0 Å². The highest BCUT2D eigenvalue weighted by molar-refractivity contribution is 5.87. The van der Waals surface area contributed by atoms with Crippen LogP contribution >= 0.6 is 0 Å². The Morgan fingerprint density at radius 3 is 2.52 bits per heavy atom. The topological polar surface area (TPSA) is 57.6 Å². The Bertz CT molecular complexity index is 376. The van der Waals surface area contributed by atoms with E-state index in [1.165, 1.54) is 32.1 Å². The van der Waals surface area contributed by atoms with Crippen LogP contribution in [0.5, 0.6) is 0 Å². The number of carbonyl (C=O) groups excluding carboxylic acids is 1. The van der Waals surface area contributed by atoms with Gasteiger partial charge in [0.1, 0.15) is 5.54 Å². The van der Waals surface area contributed by atoms with Crippen molar-refractivity contribution in [1.82, 2.24) is 4.90 Å².